The fourth-order valence-corrected chi connectivity index (χ4v) is 4.83. The molecule has 154 valence electrons. The average Bonchev–Trinajstić information content (AvgIpc) is 2.67. The Kier molecular flexibility index (Phi) is 5.98. The Bertz CT molecular complexity index is 1080. The van der Waals surface area contributed by atoms with Crippen LogP contribution >= 0.6 is 15.9 Å². The lowest BCUT2D eigenvalue weighted by Gasteiger charge is -2.39. The fourth-order valence-electron chi connectivity index (χ4n) is 4.49. The molecule has 5 heteroatoms. The van der Waals surface area contributed by atoms with Crippen LogP contribution in [0.5, 0.6) is 5.75 Å². The lowest BCUT2D eigenvalue weighted by atomic mass is 9.97. The quantitative estimate of drug-likeness (QED) is 0.345. The van der Waals surface area contributed by atoms with E-state index in [1.807, 2.05) is 31.2 Å². The minimum absolute atomic E-state index is 0.0155. The third-order valence-corrected chi connectivity index (χ3v) is 6.53. The minimum Gasteiger partial charge on any atom is -0.490 e. The Morgan fingerprint density at radius 2 is 1.90 bits per heavy atom. The van der Waals surface area contributed by atoms with Gasteiger partial charge in [-0.15, -0.1) is 0 Å². The van der Waals surface area contributed by atoms with Crippen LogP contribution in [0.4, 0.5) is 0 Å². The van der Waals surface area contributed by atoms with Gasteiger partial charge in [0.15, 0.2) is 11.3 Å². The molecule has 0 unspecified atom stereocenters. The predicted molar refractivity (Wildman–Crippen MR) is 122 cm³/mol. The molecular formula is C24H28BrNO3. The van der Waals surface area contributed by atoms with E-state index in [1.54, 1.807) is 6.07 Å². The maximum atomic E-state index is 13.0. The Hall–Kier alpha value is -1.85. The molecule has 4 nitrogen and oxygen atoms in total. The van der Waals surface area contributed by atoms with Crippen LogP contribution in [0.25, 0.3) is 21.9 Å². The van der Waals surface area contributed by atoms with Gasteiger partial charge in [-0.2, -0.15) is 0 Å². The van der Waals surface area contributed by atoms with Gasteiger partial charge < -0.3 is 9.15 Å². The first kappa shape index (κ1) is 20.4. The van der Waals surface area contributed by atoms with Crippen molar-refractivity contribution in [2.45, 2.75) is 58.5 Å². The molecule has 0 bridgehead atoms. The van der Waals surface area contributed by atoms with Crippen LogP contribution < -0.4 is 10.2 Å². The number of likely N-dealkylation sites (tertiary alicyclic amines) is 1. The predicted octanol–water partition coefficient (Wildman–Crippen LogP) is 6.05. The fraction of sp³-hybridized carbons (Fsp3) is 0.458. The number of benzene rings is 2. The molecule has 4 rings (SSSR count). The zero-order valence-electron chi connectivity index (χ0n) is 17.3. The van der Waals surface area contributed by atoms with E-state index in [0.717, 1.165) is 23.0 Å². The highest BCUT2D eigenvalue weighted by Gasteiger charge is 2.24. The third-order valence-electron chi connectivity index (χ3n) is 6.04. The number of fused-ring (bicyclic) bond motifs is 2. The van der Waals surface area contributed by atoms with Crippen molar-refractivity contribution >= 4 is 37.9 Å². The summed E-state index contributed by atoms with van der Waals surface area (Å²) < 4.78 is 13.1. The second kappa shape index (κ2) is 8.49. The number of halogens is 1. The van der Waals surface area contributed by atoms with Gasteiger partial charge in [0.1, 0.15) is 5.58 Å². The van der Waals surface area contributed by atoms with Crippen molar-refractivity contribution in [1.29, 1.82) is 0 Å². The molecule has 1 aliphatic rings. The second-order valence-corrected chi connectivity index (χ2v) is 9.20. The molecule has 0 spiro atoms. The van der Waals surface area contributed by atoms with Gasteiger partial charge in [-0.1, -0.05) is 22.4 Å². The topological polar surface area (TPSA) is 42.7 Å². The molecule has 1 aromatic heterocycles. The molecule has 0 saturated carbocycles. The maximum Gasteiger partial charge on any atom is 0.200 e. The summed E-state index contributed by atoms with van der Waals surface area (Å²) in [5, 5.41) is 1.17. The number of hydrogen-bond acceptors (Lipinski definition) is 4. The number of ether oxygens (including phenoxy) is 1. The van der Waals surface area contributed by atoms with Gasteiger partial charge in [0.25, 0.3) is 0 Å². The highest BCUT2D eigenvalue weighted by atomic mass is 79.9. The molecule has 2 heterocycles. The Morgan fingerprint density at radius 3 is 2.66 bits per heavy atom. The van der Waals surface area contributed by atoms with Gasteiger partial charge in [-0.05, 0) is 75.9 Å². The molecule has 29 heavy (non-hydrogen) atoms. The number of hydrogen-bond donors (Lipinski definition) is 0. The van der Waals surface area contributed by atoms with E-state index >= 15 is 0 Å². The van der Waals surface area contributed by atoms with Gasteiger partial charge in [0.05, 0.1) is 17.4 Å². The van der Waals surface area contributed by atoms with E-state index in [1.165, 1.54) is 19.3 Å². The summed E-state index contributed by atoms with van der Waals surface area (Å²) in [4.78, 5) is 15.6. The lowest BCUT2D eigenvalue weighted by Crippen LogP contribution is -2.44. The number of nitrogens with zero attached hydrogens (tertiary/aromatic N) is 1. The Balaban J connectivity index is 1.57. The summed E-state index contributed by atoms with van der Waals surface area (Å²) in [7, 11) is 0. The molecule has 3 aromatic rings. The highest BCUT2D eigenvalue weighted by molar-refractivity contribution is 9.10. The number of piperidine rings is 1. The number of aryl methyl sites for hydroxylation is 1. The van der Waals surface area contributed by atoms with Gasteiger partial charge in [0.2, 0.25) is 5.43 Å². The monoisotopic (exact) mass is 457 g/mol. The van der Waals surface area contributed by atoms with Gasteiger partial charge >= 0.3 is 0 Å². The van der Waals surface area contributed by atoms with E-state index in [4.69, 9.17) is 9.15 Å². The standard InChI is InChI=1S/C24H28BrNO3/c1-15-12-20-23(27)19-9-8-18(25)14-21(19)29-24(20)22(13-15)28-11-5-10-26-16(2)6-4-7-17(26)3/h8-9,12-14,16-17H,4-7,10-11H2,1-3H3/t16-,17+. The smallest absolute Gasteiger partial charge is 0.200 e. The molecule has 1 fully saturated rings. The van der Waals surface area contributed by atoms with Gasteiger partial charge in [0, 0.05) is 23.1 Å². The van der Waals surface area contributed by atoms with Crippen LogP contribution in [-0.2, 0) is 0 Å². The highest BCUT2D eigenvalue weighted by Crippen LogP contribution is 2.30. The summed E-state index contributed by atoms with van der Waals surface area (Å²) in [5.74, 6) is 0.652. The van der Waals surface area contributed by atoms with Crippen molar-refractivity contribution in [3.05, 3.63) is 50.6 Å². The first-order valence-corrected chi connectivity index (χ1v) is 11.3. The van der Waals surface area contributed by atoms with E-state index in [2.05, 4.69) is 34.7 Å². The third kappa shape index (κ3) is 4.22. The van der Waals surface area contributed by atoms with Crippen LogP contribution in [0.3, 0.4) is 0 Å². The lowest BCUT2D eigenvalue weighted by molar-refractivity contribution is 0.0961. The summed E-state index contributed by atoms with van der Waals surface area (Å²) in [6, 6.07) is 10.6. The number of rotatable bonds is 5. The molecule has 0 amide bonds. The molecular weight excluding hydrogens is 430 g/mol. The second-order valence-electron chi connectivity index (χ2n) is 8.28. The maximum absolute atomic E-state index is 13.0. The Morgan fingerprint density at radius 1 is 1.14 bits per heavy atom. The van der Waals surface area contributed by atoms with E-state index < -0.39 is 0 Å². The van der Waals surface area contributed by atoms with E-state index in [-0.39, 0.29) is 5.43 Å². The zero-order chi connectivity index (χ0) is 20.5. The average molecular weight is 458 g/mol. The van der Waals surface area contributed by atoms with E-state index in [0.29, 0.717) is 46.4 Å². The van der Waals surface area contributed by atoms with Crippen molar-refractivity contribution < 1.29 is 9.15 Å². The van der Waals surface area contributed by atoms with Gasteiger partial charge in [-0.25, -0.2) is 0 Å². The van der Waals surface area contributed by atoms with Crippen molar-refractivity contribution in [2.75, 3.05) is 13.2 Å². The van der Waals surface area contributed by atoms with Crippen molar-refractivity contribution in [2.24, 2.45) is 0 Å². The summed E-state index contributed by atoms with van der Waals surface area (Å²) in [6.45, 7) is 8.26. The molecule has 2 atom stereocenters. The summed E-state index contributed by atoms with van der Waals surface area (Å²) in [5.41, 5.74) is 2.08. The van der Waals surface area contributed by atoms with Crippen LogP contribution in [-0.4, -0.2) is 30.1 Å². The van der Waals surface area contributed by atoms with Crippen molar-refractivity contribution in [1.82, 2.24) is 4.90 Å². The van der Waals surface area contributed by atoms with Gasteiger partial charge in [-0.3, -0.25) is 9.69 Å². The minimum atomic E-state index is -0.0155. The molecule has 0 N–H and O–H groups in total. The van der Waals surface area contributed by atoms with E-state index in [9.17, 15) is 4.79 Å². The van der Waals surface area contributed by atoms with Crippen molar-refractivity contribution in [3.8, 4) is 5.75 Å². The summed E-state index contributed by atoms with van der Waals surface area (Å²) in [6.07, 6.45) is 4.84. The van der Waals surface area contributed by atoms with Crippen molar-refractivity contribution in [3.63, 3.8) is 0 Å². The SMILES string of the molecule is Cc1cc(OCCCN2[C@H](C)CCC[C@@H]2C)c2oc3cc(Br)ccc3c(=O)c2c1. The largest absolute Gasteiger partial charge is 0.490 e. The van der Waals surface area contributed by atoms with Crippen LogP contribution in [0.2, 0.25) is 0 Å². The zero-order valence-corrected chi connectivity index (χ0v) is 18.9. The molecule has 0 radical (unpaired) electrons. The molecule has 2 aromatic carbocycles. The first-order chi connectivity index (χ1) is 13.9. The molecule has 0 aliphatic carbocycles. The van der Waals surface area contributed by atoms with Crippen LogP contribution in [0, 0.1) is 6.92 Å². The molecule has 1 aliphatic heterocycles. The van der Waals surface area contributed by atoms with Crippen LogP contribution in [0.1, 0.15) is 45.1 Å². The normalized spacial score (nSPS) is 20.4. The Labute approximate surface area is 180 Å². The first-order valence-electron chi connectivity index (χ1n) is 10.5. The van der Waals surface area contributed by atoms with Crippen LogP contribution in [0.15, 0.2) is 44.0 Å². The molecule has 1 saturated heterocycles. The summed E-state index contributed by atoms with van der Waals surface area (Å²) >= 11 is 3.45.